The topological polar surface area (TPSA) is 59.8 Å². The largest absolute Gasteiger partial charge is 0.463 e. The van der Waals surface area contributed by atoms with Crippen LogP contribution in [0.25, 0.3) is 11.0 Å². The third-order valence-electron chi connectivity index (χ3n) is 4.35. The van der Waals surface area contributed by atoms with Crippen molar-refractivity contribution in [2.24, 2.45) is 0 Å². The molecule has 0 aliphatic heterocycles. The molecule has 3 aromatic rings. The maximum absolute atomic E-state index is 12.6. The highest BCUT2D eigenvalue weighted by Gasteiger charge is 2.24. The number of aryl methyl sites for hydroxylation is 2. The number of hydrogen-bond donors (Lipinski definition) is 2. The summed E-state index contributed by atoms with van der Waals surface area (Å²) in [6.07, 6.45) is 1.65. The fraction of sp³-hybridized carbons (Fsp3) is 0.316. The predicted octanol–water partition coefficient (Wildman–Crippen LogP) is 2.26. The van der Waals surface area contributed by atoms with Crippen LogP contribution < -0.4 is 10.2 Å². The highest BCUT2D eigenvalue weighted by atomic mass is 16.3. The fourth-order valence-electron chi connectivity index (χ4n) is 2.91. The van der Waals surface area contributed by atoms with Gasteiger partial charge in [-0.3, -0.25) is 4.79 Å². The van der Waals surface area contributed by atoms with Crippen LogP contribution >= 0.6 is 0 Å². The predicted molar refractivity (Wildman–Crippen MR) is 92.3 cm³/mol. The van der Waals surface area contributed by atoms with Gasteiger partial charge < -0.3 is 19.1 Å². The number of hydrogen-bond acceptors (Lipinski definition) is 3. The van der Waals surface area contributed by atoms with Gasteiger partial charge in [0.25, 0.3) is 5.91 Å². The normalized spacial score (nSPS) is 12.7. The van der Waals surface area contributed by atoms with E-state index in [4.69, 9.17) is 8.83 Å². The zero-order valence-electron chi connectivity index (χ0n) is 14.5. The molecule has 1 atom stereocenters. The van der Waals surface area contributed by atoms with Crippen LogP contribution in [0.4, 0.5) is 0 Å². The molecule has 0 aliphatic carbocycles. The molecule has 0 saturated carbocycles. The van der Waals surface area contributed by atoms with Crippen molar-refractivity contribution < 1.29 is 18.5 Å². The molecule has 0 saturated heterocycles. The Morgan fingerprint density at radius 3 is 2.71 bits per heavy atom. The van der Waals surface area contributed by atoms with Gasteiger partial charge in [-0.2, -0.15) is 0 Å². The van der Waals surface area contributed by atoms with E-state index in [0.29, 0.717) is 12.3 Å². The molecule has 24 heavy (non-hydrogen) atoms. The molecule has 0 radical (unpaired) electrons. The maximum atomic E-state index is 12.6. The van der Waals surface area contributed by atoms with E-state index in [1.807, 2.05) is 58.3 Å². The Kier molecular flexibility index (Phi) is 4.44. The molecule has 0 spiro atoms. The summed E-state index contributed by atoms with van der Waals surface area (Å²) in [6.45, 7) is 4.42. The Morgan fingerprint density at radius 1 is 1.25 bits per heavy atom. The Balaban J connectivity index is 1.79. The van der Waals surface area contributed by atoms with E-state index in [9.17, 15) is 4.79 Å². The van der Waals surface area contributed by atoms with Crippen molar-refractivity contribution in [1.29, 1.82) is 0 Å². The highest BCUT2D eigenvalue weighted by molar-refractivity contribution is 5.99. The molecule has 1 amide bonds. The van der Waals surface area contributed by atoms with E-state index in [-0.39, 0.29) is 11.9 Å². The van der Waals surface area contributed by atoms with Crippen molar-refractivity contribution in [1.82, 2.24) is 5.32 Å². The van der Waals surface area contributed by atoms with Crippen molar-refractivity contribution in [2.75, 3.05) is 20.6 Å². The zero-order chi connectivity index (χ0) is 17.3. The number of rotatable bonds is 5. The summed E-state index contributed by atoms with van der Waals surface area (Å²) < 4.78 is 11.2. The lowest BCUT2D eigenvalue weighted by atomic mass is 10.1. The molecule has 0 aliphatic rings. The number of furan rings is 2. The van der Waals surface area contributed by atoms with Crippen molar-refractivity contribution in [3.05, 3.63) is 59.2 Å². The molecule has 3 rings (SSSR count). The summed E-state index contributed by atoms with van der Waals surface area (Å²) >= 11 is 0. The SMILES string of the molecule is Cc1ccc2oc(C(=O)NC[C@H](c3ccco3)[NH+](C)C)c(C)c2c1. The molecule has 0 fully saturated rings. The van der Waals surface area contributed by atoms with Crippen LogP contribution in [0.3, 0.4) is 0 Å². The van der Waals surface area contributed by atoms with Crippen molar-refractivity contribution in [3.8, 4) is 0 Å². The molecule has 5 nitrogen and oxygen atoms in total. The van der Waals surface area contributed by atoms with E-state index in [0.717, 1.165) is 27.9 Å². The second-order valence-electron chi connectivity index (χ2n) is 6.41. The van der Waals surface area contributed by atoms with Gasteiger partial charge in [0.05, 0.1) is 26.9 Å². The monoisotopic (exact) mass is 327 g/mol. The number of likely N-dealkylation sites (N-methyl/N-ethyl adjacent to an activating group) is 1. The fourth-order valence-corrected chi connectivity index (χ4v) is 2.91. The number of carbonyl (C=O) groups excluding carboxylic acids is 1. The van der Waals surface area contributed by atoms with Crippen LogP contribution in [0.15, 0.2) is 45.4 Å². The van der Waals surface area contributed by atoms with E-state index in [2.05, 4.69) is 5.32 Å². The van der Waals surface area contributed by atoms with Crippen molar-refractivity contribution >= 4 is 16.9 Å². The molecular weight excluding hydrogens is 304 g/mol. The molecular formula is C19H23N2O3+. The lowest BCUT2D eigenvalue weighted by Crippen LogP contribution is -3.07. The van der Waals surface area contributed by atoms with Crippen LogP contribution in [0.2, 0.25) is 0 Å². The molecule has 2 N–H and O–H groups in total. The number of carbonyl (C=O) groups is 1. The zero-order valence-corrected chi connectivity index (χ0v) is 14.5. The average molecular weight is 327 g/mol. The molecule has 0 bridgehead atoms. The summed E-state index contributed by atoms with van der Waals surface area (Å²) in [5.41, 5.74) is 2.76. The second kappa shape index (κ2) is 6.53. The van der Waals surface area contributed by atoms with Gasteiger partial charge in [-0.15, -0.1) is 0 Å². The van der Waals surface area contributed by atoms with Gasteiger partial charge in [0.2, 0.25) is 0 Å². The van der Waals surface area contributed by atoms with Crippen molar-refractivity contribution in [2.45, 2.75) is 19.9 Å². The first kappa shape index (κ1) is 16.3. The first-order chi connectivity index (χ1) is 11.5. The summed E-state index contributed by atoms with van der Waals surface area (Å²) in [4.78, 5) is 13.8. The summed E-state index contributed by atoms with van der Waals surface area (Å²) in [6, 6.07) is 9.77. The van der Waals surface area contributed by atoms with E-state index in [1.165, 1.54) is 4.90 Å². The highest BCUT2D eigenvalue weighted by Crippen LogP contribution is 2.26. The number of fused-ring (bicyclic) bond motifs is 1. The second-order valence-corrected chi connectivity index (χ2v) is 6.41. The first-order valence-corrected chi connectivity index (χ1v) is 8.08. The van der Waals surface area contributed by atoms with Gasteiger partial charge >= 0.3 is 0 Å². The van der Waals surface area contributed by atoms with E-state index in [1.54, 1.807) is 6.26 Å². The third kappa shape index (κ3) is 3.08. The van der Waals surface area contributed by atoms with Crippen LogP contribution in [0, 0.1) is 13.8 Å². The molecule has 1 aromatic carbocycles. The quantitative estimate of drug-likeness (QED) is 0.756. The third-order valence-corrected chi connectivity index (χ3v) is 4.35. The minimum atomic E-state index is -0.195. The minimum absolute atomic E-state index is 0.0517. The number of amides is 1. The van der Waals surface area contributed by atoms with Crippen LogP contribution in [-0.2, 0) is 0 Å². The van der Waals surface area contributed by atoms with Crippen LogP contribution in [0.1, 0.15) is 33.5 Å². The Bertz CT molecular complexity index is 847. The van der Waals surface area contributed by atoms with Gasteiger partial charge in [0.15, 0.2) is 17.6 Å². The van der Waals surface area contributed by atoms with Gasteiger partial charge in [-0.25, -0.2) is 0 Å². The molecule has 126 valence electrons. The van der Waals surface area contributed by atoms with Gasteiger partial charge in [-0.05, 0) is 38.1 Å². The first-order valence-electron chi connectivity index (χ1n) is 8.08. The Morgan fingerprint density at radius 2 is 2.04 bits per heavy atom. The standard InChI is InChI=1S/C19H22N2O3/c1-12-7-8-16-14(10-12)13(2)18(24-16)19(22)20-11-15(21(3)4)17-6-5-9-23-17/h5-10,15H,11H2,1-4H3,(H,20,22)/p+1/t15-/m1/s1. The smallest absolute Gasteiger partial charge is 0.287 e. The Labute approximate surface area is 141 Å². The minimum Gasteiger partial charge on any atom is -0.463 e. The summed E-state index contributed by atoms with van der Waals surface area (Å²) in [5.74, 6) is 1.04. The molecule has 5 heteroatoms. The number of quaternary nitrogens is 1. The average Bonchev–Trinajstić information content (AvgIpc) is 3.16. The Hall–Kier alpha value is -2.53. The number of nitrogens with one attached hydrogen (secondary N) is 2. The lowest BCUT2D eigenvalue weighted by molar-refractivity contribution is -0.891. The van der Waals surface area contributed by atoms with E-state index < -0.39 is 0 Å². The molecule has 2 aromatic heterocycles. The van der Waals surface area contributed by atoms with Crippen LogP contribution in [-0.4, -0.2) is 26.5 Å². The van der Waals surface area contributed by atoms with Gasteiger partial charge in [0, 0.05) is 10.9 Å². The van der Waals surface area contributed by atoms with Gasteiger partial charge in [0.1, 0.15) is 5.58 Å². The van der Waals surface area contributed by atoms with Crippen molar-refractivity contribution in [3.63, 3.8) is 0 Å². The van der Waals surface area contributed by atoms with E-state index >= 15 is 0 Å². The summed E-state index contributed by atoms with van der Waals surface area (Å²) in [7, 11) is 4.07. The lowest BCUT2D eigenvalue weighted by Gasteiger charge is -2.19. The molecule has 0 unspecified atom stereocenters. The van der Waals surface area contributed by atoms with Gasteiger partial charge in [-0.1, -0.05) is 11.6 Å². The summed E-state index contributed by atoms with van der Waals surface area (Å²) in [5, 5.41) is 3.96. The maximum Gasteiger partial charge on any atom is 0.287 e. The van der Waals surface area contributed by atoms with Crippen LogP contribution in [0.5, 0.6) is 0 Å². The molecule has 2 heterocycles. The number of benzene rings is 1.